The number of hydrogen-bond donors (Lipinski definition) is 1. The van der Waals surface area contributed by atoms with Crippen LogP contribution in [0.5, 0.6) is 0 Å². The molecule has 4 aromatic rings. The van der Waals surface area contributed by atoms with Gasteiger partial charge in [0.1, 0.15) is 11.1 Å². The third-order valence-electron chi connectivity index (χ3n) is 3.61. The topological polar surface area (TPSA) is 89.6 Å². The largest absolute Gasteiger partial charge is 0.436 e. The van der Waals surface area contributed by atoms with Crippen LogP contribution in [0.15, 0.2) is 56.1 Å². The number of aryl methyl sites for hydroxylation is 2. The van der Waals surface area contributed by atoms with Crippen LogP contribution in [0.25, 0.3) is 16.7 Å². The van der Waals surface area contributed by atoms with Crippen LogP contribution in [-0.2, 0) is 0 Å². The number of para-hydroxylation sites is 1. The fourth-order valence-electron chi connectivity index (χ4n) is 2.27. The van der Waals surface area contributed by atoms with E-state index in [4.69, 9.17) is 4.42 Å². The maximum Gasteiger partial charge on any atom is 0.263 e. The second kappa shape index (κ2) is 5.64. The van der Waals surface area contributed by atoms with E-state index in [0.29, 0.717) is 21.4 Å². The minimum atomic E-state index is -0.246. The highest BCUT2D eigenvalue weighted by atomic mass is 32.2. The van der Waals surface area contributed by atoms with E-state index in [-0.39, 0.29) is 5.56 Å². The Labute approximate surface area is 140 Å². The van der Waals surface area contributed by atoms with Gasteiger partial charge < -0.3 is 9.40 Å². The molecule has 0 unspecified atom stereocenters. The number of nitrogens with zero attached hydrogens (tertiary/aromatic N) is 4. The number of H-pyrrole nitrogens is 1. The van der Waals surface area contributed by atoms with Crippen LogP contribution in [0, 0.1) is 13.8 Å². The molecule has 0 fully saturated rings. The Balaban J connectivity index is 1.82. The predicted molar refractivity (Wildman–Crippen MR) is 89.6 cm³/mol. The van der Waals surface area contributed by atoms with E-state index in [9.17, 15) is 4.79 Å². The van der Waals surface area contributed by atoms with Crippen molar-refractivity contribution < 1.29 is 4.42 Å². The van der Waals surface area contributed by atoms with E-state index in [1.165, 1.54) is 18.0 Å². The van der Waals surface area contributed by atoms with Gasteiger partial charge in [-0.05, 0) is 26.0 Å². The Morgan fingerprint density at radius 2 is 1.96 bits per heavy atom. The molecule has 0 radical (unpaired) electrons. The molecule has 7 nitrogen and oxygen atoms in total. The van der Waals surface area contributed by atoms with Gasteiger partial charge in [0.15, 0.2) is 10.8 Å². The highest BCUT2D eigenvalue weighted by Gasteiger charge is 2.14. The lowest BCUT2D eigenvalue weighted by Crippen LogP contribution is -2.09. The molecule has 8 heteroatoms. The lowest BCUT2D eigenvalue weighted by Gasteiger charge is -2.03. The van der Waals surface area contributed by atoms with Crippen molar-refractivity contribution in [1.29, 1.82) is 0 Å². The van der Waals surface area contributed by atoms with Crippen LogP contribution < -0.4 is 5.56 Å². The van der Waals surface area contributed by atoms with Crippen molar-refractivity contribution in [3.63, 3.8) is 0 Å². The van der Waals surface area contributed by atoms with E-state index in [0.717, 1.165) is 17.1 Å². The molecule has 0 saturated carbocycles. The molecule has 0 saturated heterocycles. The molecule has 1 aromatic carbocycles. The zero-order valence-corrected chi connectivity index (χ0v) is 13.8. The third kappa shape index (κ3) is 2.50. The van der Waals surface area contributed by atoms with E-state index in [1.54, 1.807) is 4.68 Å². The van der Waals surface area contributed by atoms with Gasteiger partial charge >= 0.3 is 0 Å². The number of rotatable bonds is 3. The number of aromatic amines is 1. The van der Waals surface area contributed by atoms with Crippen LogP contribution in [0.1, 0.15) is 11.5 Å². The van der Waals surface area contributed by atoms with Crippen LogP contribution >= 0.6 is 11.8 Å². The van der Waals surface area contributed by atoms with E-state index in [2.05, 4.69) is 20.1 Å². The summed E-state index contributed by atoms with van der Waals surface area (Å²) in [5, 5.41) is 5.56. The number of fused-ring (bicyclic) bond motifs is 1. The molecule has 0 bridgehead atoms. The first-order valence-corrected chi connectivity index (χ1v) is 8.09. The second-order valence-corrected chi connectivity index (χ2v) is 6.16. The first-order chi connectivity index (χ1) is 11.6. The summed E-state index contributed by atoms with van der Waals surface area (Å²) >= 11 is 1.17. The average molecular weight is 339 g/mol. The summed E-state index contributed by atoms with van der Waals surface area (Å²) in [6, 6.07) is 9.55. The quantitative estimate of drug-likeness (QED) is 0.577. The number of aromatic nitrogens is 5. The maximum absolute atomic E-state index is 12.3. The second-order valence-electron chi connectivity index (χ2n) is 5.22. The molecule has 0 amide bonds. The Kier molecular flexibility index (Phi) is 3.46. The Morgan fingerprint density at radius 3 is 2.67 bits per heavy atom. The molecule has 1 N–H and O–H groups in total. The van der Waals surface area contributed by atoms with Gasteiger partial charge in [-0.1, -0.05) is 18.2 Å². The van der Waals surface area contributed by atoms with E-state index >= 15 is 0 Å². The SMILES string of the molecule is Cc1nc(Sc2nc3c(cnn3-c3ccccc3)c(=O)[nH]2)oc1C. The van der Waals surface area contributed by atoms with Crippen LogP contribution in [-0.4, -0.2) is 24.7 Å². The lowest BCUT2D eigenvalue weighted by atomic mass is 10.3. The number of nitrogens with one attached hydrogen (secondary N) is 1. The monoisotopic (exact) mass is 339 g/mol. The summed E-state index contributed by atoms with van der Waals surface area (Å²) in [5.41, 5.74) is 1.90. The number of benzene rings is 1. The number of oxazole rings is 1. The molecular weight excluding hydrogens is 326 g/mol. The average Bonchev–Trinajstić information content (AvgIpc) is 3.12. The van der Waals surface area contributed by atoms with Crippen LogP contribution in [0.4, 0.5) is 0 Å². The fourth-order valence-corrected chi connectivity index (χ4v) is 3.06. The van der Waals surface area contributed by atoms with Crippen LogP contribution in [0.3, 0.4) is 0 Å². The van der Waals surface area contributed by atoms with Crippen molar-refractivity contribution in [3.05, 3.63) is 58.3 Å². The Bertz CT molecular complexity index is 1060. The minimum absolute atomic E-state index is 0.246. The van der Waals surface area contributed by atoms with Crippen molar-refractivity contribution in [2.45, 2.75) is 24.2 Å². The van der Waals surface area contributed by atoms with Gasteiger partial charge in [-0.3, -0.25) is 4.79 Å². The van der Waals surface area contributed by atoms with Gasteiger partial charge in [-0.2, -0.15) is 5.10 Å². The predicted octanol–water partition coefficient (Wildman–Crippen LogP) is 2.86. The van der Waals surface area contributed by atoms with E-state index in [1.807, 2.05) is 44.2 Å². The van der Waals surface area contributed by atoms with Gasteiger partial charge in [-0.15, -0.1) is 0 Å². The molecule has 0 aliphatic heterocycles. The normalized spacial score (nSPS) is 11.2. The molecule has 4 rings (SSSR count). The maximum atomic E-state index is 12.3. The van der Waals surface area contributed by atoms with Gasteiger partial charge in [0.2, 0.25) is 0 Å². The first-order valence-electron chi connectivity index (χ1n) is 7.27. The Morgan fingerprint density at radius 1 is 1.17 bits per heavy atom. The first kappa shape index (κ1) is 14.7. The van der Waals surface area contributed by atoms with Gasteiger partial charge in [0, 0.05) is 11.8 Å². The smallest absolute Gasteiger partial charge is 0.263 e. The summed E-state index contributed by atoms with van der Waals surface area (Å²) in [5.74, 6) is 0.746. The van der Waals surface area contributed by atoms with Crippen molar-refractivity contribution in [2.75, 3.05) is 0 Å². The zero-order chi connectivity index (χ0) is 16.7. The van der Waals surface area contributed by atoms with Gasteiger partial charge in [0.25, 0.3) is 10.8 Å². The molecule has 0 atom stereocenters. The number of hydrogen-bond acceptors (Lipinski definition) is 6. The molecular formula is C16H13N5O2S. The standard InChI is InChI=1S/C16H13N5O2S/c1-9-10(2)23-16(18-9)24-15-19-13-12(14(22)20-15)8-17-21(13)11-6-4-3-5-7-11/h3-8H,1-2H3,(H,19,20,22). The zero-order valence-electron chi connectivity index (χ0n) is 13.0. The summed E-state index contributed by atoms with van der Waals surface area (Å²) < 4.78 is 7.17. The van der Waals surface area contributed by atoms with Crippen molar-refractivity contribution in [3.8, 4) is 5.69 Å². The fraction of sp³-hybridized carbons (Fsp3) is 0.125. The van der Waals surface area contributed by atoms with Crippen molar-refractivity contribution in [2.24, 2.45) is 0 Å². The molecule has 3 heterocycles. The molecule has 3 aromatic heterocycles. The van der Waals surface area contributed by atoms with Crippen LogP contribution in [0.2, 0.25) is 0 Å². The van der Waals surface area contributed by atoms with Crippen molar-refractivity contribution in [1.82, 2.24) is 24.7 Å². The third-order valence-corrected chi connectivity index (χ3v) is 4.35. The molecule has 0 aliphatic carbocycles. The lowest BCUT2D eigenvalue weighted by molar-refractivity contribution is 0.430. The highest BCUT2D eigenvalue weighted by molar-refractivity contribution is 7.98. The summed E-state index contributed by atoms with van der Waals surface area (Å²) in [6.45, 7) is 3.71. The summed E-state index contributed by atoms with van der Waals surface area (Å²) in [6.07, 6.45) is 1.52. The Hall–Kier alpha value is -2.87. The molecule has 0 spiro atoms. The summed E-state index contributed by atoms with van der Waals surface area (Å²) in [7, 11) is 0. The van der Waals surface area contributed by atoms with Gasteiger partial charge in [0.05, 0.1) is 17.6 Å². The van der Waals surface area contributed by atoms with Gasteiger partial charge in [-0.25, -0.2) is 14.6 Å². The minimum Gasteiger partial charge on any atom is -0.436 e. The molecule has 24 heavy (non-hydrogen) atoms. The van der Waals surface area contributed by atoms with E-state index < -0.39 is 0 Å². The summed E-state index contributed by atoms with van der Waals surface area (Å²) in [4.78, 5) is 23.8. The van der Waals surface area contributed by atoms with Crippen molar-refractivity contribution >= 4 is 22.8 Å². The highest BCUT2D eigenvalue weighted by Crippen LogP contribution is 2.26. The molecule has 120 valence electrons. The molecule has 0 aliphatic rings.